The Morgan fingerprint density at radius 2 is 1.90 bits per heavy atom. The monoisotopic (exact) mass is 322 g/mol. The van der Waals surface area contributed by atoms with E-state index < -0.39 is 33.6 Å². The molecule has 1 aromatic rings. The molecule has 1 fully saturated rings. The zero-order valence-electron chi connectivity index (χ0n) is 11.2. The first-order chi connectivity index (χ1) is 9.73. The fraction of sp³-hybridized carbons (Fsp3) is 0.538. The van der Waals surface area contributed by atoms with Crippen molar-refractivity contribution in [2.75, 3.05) is 6.54 Å². The largest absolute Gasteiger partial charge is 0.416 e. The molecule has 0 radical (unpaired) electrons. The van der Waals surface area contributed by atoms with Crippen molar-refractivity contribution in [1.82, 2.24) is 4.72 Å². The van der Waals surface area contributed by atoms with Crippen molar-refractivity contribution < 1.29 is 21.6 Å². The Morgan fingerprint density at radius 1 is 1.29 bits per heavy atom. The van der Waals surface area contributed by atoms with Crippen LogP contribution >= 0.6 is 0 Å². The van der Waals surface area contributed by atoms with Gasteiger partial charge in [-0.15, -0.1) is 0 Å². The molecule has 0 bridgehead atoms. The van der Waals surface area contributed by atoms with Gasteiger partial charge in [-0.25, -0.2) is 13.1 Å². The molecular weight excluding hydrogens is 305 g/mol. The highest BCUT2D eigenvalue weighted by Gasteiger charge is 2.36. The lowest BCUT2D eigenvalue weighted by molar-refractivity contribution is -0.138. The summed E-state index contributed by atoms with van der Waals surface area (Å²) in [5, 5.41) is 0. The number of hydrogen-bond acceptors (Lipinski definition) is 3. The Hall–Kier alpha value is -1.12. The molecule has 1 aliphatic carbocycles. The quantitative estimate of drug-likeness (QED) is 0.840. The molecule has 1 unspecified atom stereocenters. The van der Waals surface area contributed by atoms with Crippen molar-refractivity contribution in [1.29, 1.82) is 0 Å². The summed E-state index contributed by atoms with van der Waals surface area (Å²) in [7, 11) is -3.86. The third kappa shape index (κ3) is 4.42. The van der Waals surface area contributed by atoms with E-state index >= 15 is 0 Å². The van der Waals surface area contributed by atoms with Gasteiger partial charge >= 0.3 is 6.18 Å². The minimum Gasteiger partial charge on any atom is -0.329 e. The number of halogens is 3. The van der Waals surface area contributed by atoms with E-state index in [1.54, 1.807) is 0 Å². The molecule has 0 spiro atoms. The van der Waals surface area contributed by atoms with Crippen LogP contribution in [0.5, 0.6) is 0 Å². The first kappa shape index (κ1) is 16.3. The van der Waals surface area contributed by atoms with Gasteiger partial charge in [0.2, 0.25) is 10.0 Å². The van der Waals surface area contributed by atoms with Crippen molar-refractivity contribution >= 4 is 10.0 Å². The predicted molar refractivity (Wildman–Crippen MR) is 72.8 cm³/mol. The first-order valence-electron chi connectivity index (χ1n) is 6.58. The second kappa shape index (κ2) is 5.94. The van der Waals surface area contributed by atoms with E-state index in [1.807, 2.05) is 0 Å². The van der Waals surface area contributed by atoms with E-state index in [4.69, 9.17) is 5.73 Å². The average molecular weight is 322 g/mol. The van der Waals surface area contributed by atoms with E-state index in [0.717, 1.165) is 18.9 Å². The highest BCUT2D eigenvalue weighted by molar-refractivity contribution is 7.88. The maximum Gasteiger partial charge on any atom is 0.416 e. The van der Waals surface area contributed by atoms with E-state index in [-0.39, 0.29) is 18.0 Å². The maximum absolute atomic E-state index is 12.9. The number of nitrogens with two attached hydrogens (primary N) is 1. The van der Waals surface area contributed by atoms with Crippen LogP contribution in [0.3, 0.4) is 0 Å². The predicted octanol–water partition coefficient (Wildman–Crippen LogP) is 1.86. The minimum absolute atomic E-state index is 0.144. The summed E-state index contributed by atoms with van der Waals surface area (Å²) in [5.41, 5.74) is 4.32. The zero-order valence-corrected chi connectivity index (χ0v) is 12.0. The van der Waals surface area contributed by atoms with Crippen LogP contribution in [0.15, 0.2) is 24.3 Å². The van der Waals surface area contributed by atoms with Gasteiger partial charge in [-0.2, -0.15) is 13.2 Å². The summed E-state index contributed by atoms with van der Waals surface area (Å²) in [5.74, 6) is -0.506. The number of nitrogens with one attached hydrogen (secondary N) is 1. The SMILES string of the molecule is NCC(NS(=O)(=O)Cc1ccccc1C(F)(F)F)C1CC1. The lowest BCUT2D eigenvalue weighted by Crippen LogP contribution is -2.42. The molecule has 0 heterocycles. The summed E-state index contributed by atoms with van der Waals surface area (Å²) in [4.78, 5) is 0. The van der Waals surface area contributed by atoms with Gasteiger partial charge in [0.25, 0.3) is 0 Å². The van der Waals surface area contributed by atoms with Gasteiger partial charge in [0.1, 0.15) is 0 Å². The second-order valence-electron chi connectivity index (χ2n) is 5.21. The number of benzene rings is 1. The molecule has 0 amide bonds. The van der Waals surface area contributed by atoms with E-state index in [2.05, 4.69) is 4.72 Å². The lowest BCUT2D eigenvalue weighted by atomic mass is 10.1. The van der Waals surface area contributed by atoms with E-state index in [1.165, 1.54) is 18.2 Å². The molecule has 1 saturated carbocycles. The average Bonchev–Trinajstić information content (AvgIpc) is 3.19. The third-order valence-corrected chi connectivity index (χ3v) is 4.80. The third-order valence-electron chi connectivity index (χ3n) is 3.44. The molecule has 1 atom stereocenters. The van der Waals surface area contributed by atoms with Gasteiger partial charge in [0.15, 0.2) is 0 Å². The Morgan fingerprint density at radius 3 is 2.43 bits per heavy atom. The van der Waals surface area contributed by atoms with Crippen molar-refractivity contribution in [3.63, 3.8) is 0 Å². The zero-order chi connectivity index (χ0) is 15.7. The molecule has 1 aliphatic rings. The van der Waals surface area contributed by atoms with Gasteiger partial charge < -0.3 is 5.73 Å². The van der Waals surface area contributed by atoms with Crippen molar-refractivity contribution in [2.24, 2.45) is 11.7 Å². The fourth-order valence-corrected chi connectivity index (χ4v) is 3.73. The summed E-state index contributed by atoms with van der Waals surface area (Å²) >= 11 is 0. The van der Waals surface area contributed by atoms with Crippen LogP contribution in [0.25, 0.3) is 0 Å². The second-order valence-corrected chi connectivity index (χ2v) is 6.97. The van der Waals surface area contributed by atoms with Crippen molar-refractivity contribution in [3.05, 3.63) is 35.4 Å². The number of rotatable bonds is 6. The van der Waals surface area contributed by atoms with Gasteiger partial charge in [-0.05, 0) is 30.4 Å². The molecule has 1 aromatic carbocycles. The number of hydrogen-bond donors (Lipinski definition) is 2. The Bertz CT molecular complexity index is 598. The van der Waals surface area contributed by atoms with Gasteiger partial charge in [-0.1, -0.05) is 18.2 Å². The molecule has 21 heavy (non-hydrogen) atoms. The Kier molecular flexibility index (Phi) is 4.60. The van der Waals surface area contributed by atoms with Gasteiger partial charge in [0, 0.05) is 12.6 Å². The van der Waals surface area contributed by atoms with Gasteiger partial charge in [0.05, 0.1) is 11.3 Å². The fourth-order valence-electron chi connectivity index (χ4n) is 2.24. The summed E-state index contributed by atoms with van der Waals surface area (Å²) in [6.07, 6.45) is -2.79. The smallest absolute Gasteiger partial charge is 0.329 e. The summed E-state index contributed by atoms with van der Waals surface area (Å²) < 4.78 is 65.1. The normalized spacial score (nSPS) is 17.7. The minimum atomic E-state index is -4.57. The number of sulfonamides is 1. The molecule has 0 saturated heterocycles. The van der Waals surface area contributed by atoms with Crippen LogP contribution in [-0.2, 0) is 22.0 Å². The molecular formula is C13H17F3N2O2S. The highest BCUT2D eigenvalue weighted by atomic mass is 32.2. The molecule has 4 nitrogen and oxygen atoms in total. The van der Waals surface area contributed by atoms with Crippen LogP contribution < -0.4 is 10.5 Å². The topological polar surface area (TPSA) is 72.2 Å². The van der Waals surface area contributed by atoms with E-state index in [0.29, 0.717) is 0 Å². The standard InChI is InChI=1S/C13H17F3N2O2S/c14-13(15,16)11-4-2-1-3-10(11)8-21(19,20)18-12(7-17)9-5-6-9/h1-4,9,12,18H,5-8,17H2. The van der Waals surface area contributed by atoms with Crippen LogP contribution in [0.2, 0.25) is 0 Å². The molecule has 3 N–H and O–H groups in total. The highest BCUT2D eigenvalue weighted by Crippen LogP contribution is 2.34. The molecule has 118 valence electrons. The van der Waals surface area contributed by atoms with Gasteiger partial charge in [-0.3, -0.25) is 0 Å². The van der Waals surface area contributed by atoms with Crippen LogP contribution in [0.4, 0.5) is 13.2 Å². The number of alkyl halides is 3. The van der Waals surface area contributed by atoms with Crippen LogP contribution in [0, 0.1) is 5.92 Å². The molecule has 2 rings (SSSR count). The lowest BCUT2D eigenvalue weighted by Gasteiger charge is -2.18. The summed E-state index contributed by atoms with van der Waals surface area (Å²) in [6, 6.07) is 4.29. The van der Waals surface area contributed by atoms with Crippen molar-refractivity contribution in [3.8, 4) is 0 Å². The Labute approximate surface area is 121 Å². The summed E-state index contributed by atoms with van der Waals surface area (Å²) in [6.45, 7) is 0.144. The van der Waals surface area contributed by atoms with E-state index in [9.17, 15) is 21.6 Å². The molecule has 0 aromatic heterocycles. The van der Waals surface area contributed by atoms with Crippen LogP contribution in [-0.4, -0.2) is 21.0 Å². The first-order valence-corrected chi connectivity index (χ1v) is 8.23. The maximum atomic E-state index is 12.9. The van der Waals surface area contributed by atoms with Crippen LogP contribution in [0.1, 0.15) is 24.0 Å². The molecule has 0 aliphatic heterocycles. The van der Waals surface area contributed by atoms with Crippen molar-refractivity contribution in [2.45, 2.75) is 30.8 Å². The Balaban J connectivity index is 2.17. The molecule has 8 heteroatoms.